The van der Waals surface area contributed by atoms with Gasteiger partial charge in [-0.15, -0.1) is 5.10 Å². The summed E-state index contributed by atoms with van der Waals surface area (Å²) in [4.78, 5) is 14.8. The number of piperazine rings is 1. The van der Waals surface area contributed by atoms with Crippen LogP contribution in [-0.4, -0.2) is 66.1 Å². The van der Waals surface area contributed by atoms with Gasteiger partial charge in [0.15, 0.2) is 19.0 Å². The number of benzene rings is 1. The van der Waals surface area contributed by atoms with E-state index in [9.17, 15) is 4.79 Å². The molecular weight excluding hydrogens is 388 g/mol. The van der Waals surface area contributed by atoms with Crippen molar-refractivity contribution in [1.82, 2.24) is 19.7 Å². The van der Waals surface area contributed by atoms with Crippen molar-refractivity contribution < 1.29 is 19.3 Å². The Hall–Kier alpha value is -2.23. The summed E-state index contributed by atoms with van der Waals surface area (Å²) in [5.74, 6) is 1.80. The van der Waals surface area contributed by atoms with Crippen molar-refractivity contribution in [1.29, 1.82) is 0 Å². The van der Waals surface area contributed by atoms with E-state index in [1.165, 1.54) is 9.80 Å². The number of carbonyl (C=O) groups is 1. The van der Waals surface area contributed by atoms with Crippen molar-refractivity contribution in [3.63, 3.8) is 0 Å². The molecule has 1 aromatic heterocycles. The van der Waals surface area contributed by atoms with Crippen molar-refractivity contribution in [2.75, 3.05) is 39.8 Å². The molecule has 1 amide bonds. The van der Waals surface area contributed by atoms with Crippen LogP contribution in [0.15, 0.2) is 24.3 Å². The average Bonchev–Trinajstić information content (AvgIpc) is 3.50. The topological polar surface area (TPSA) is 70.0 Å². The molecule has 29 heavy (non-hydrogen) atoms. The Morgan fingerprint density at radius 2 is 1.93 bits per heavy atom. The van der Waals surface area contributed by atoms with Crippen LogP contribution < -0.4 is 19.9 Å². The minimum absolute atomic E-state index is 0.194. The number of methoxy groups -OCH3 is 1. The first-order valence-electron chi connectivity index (χ1n) is 10.3. The van der Waals surface area contributed by atoms with Crippen LogP contribution in [0.3, 0.4) is 0 Å². The van der Waals surface area contributed by atoms with Gasteiger partial charge in [0.05, 0.1) is 12.7 Å². The molecule has 0 bridgehead atoms. The van der Waals surface area contributed by atoms with E-state index in [0.29, 0.717) is 17.4 Å². The summed E-state index contributed by atoms with van der Waals surface area (Å²) in [7, 11) is 3.62. The number of ether oxygens (including phenoxy) is 1. The van der Waals surface area contributed by atoms with E-state index in [0.717, 1.165) is 62.8 Å². The summed E-state index contributed by atoms with van der Waals surface area (Å²) in [5.41, 5.74) is 0.938. The van der Waals surface area contributed by atoms with Gasteiger partial charge < -0.3 is 24.4 Å². The summed E-state index contributed by atoms with van der Waals surface area (Å²) in [6.07, 6.45) is 2.28. The van der Waals surface area contributed by atoms with E-state index in [4.69, 9.17) is 22.1 Å². The molecule has 0 unspecified atom stereocenters. The Morgan fingerprint density at radius 3 is 2.62 bits per heavy atom. The number of aromatic nitrogens is 3. The third kappa shape index (κ3) is 4.68. The van der Waals surface area contributed by atoms with Crippen molar-refractivity contribution in [2.24, 2.45) is 7.05 Å². The van der Waals surface area contributed by atoms with Crippen LogP contribution in [0.5, 0.6) is 5.75 Å². The molecule has 2 heterocycles. The molecule has 1 aliphatic carbocycles. The van der Waals surface area contributed by atoms with Crippen LogP contribution in [0.25, 0.3) is 11.4 Å². The minimum Gasteiger partial charge on any atom is -0.496 e. The van der Waals surface area contributed by atoms with Crippen LogP contribution >= 0.6 is 12.2 Å². The number of rotatable bonds is 7. The molecule has 1 aromatic carbocycles. The second-order valence-corrected chi connectivity index (χ2v) is 8.41. The number of hydrogen-bond acceptors (Lipinski definition) is 4. The number of carbonyl (C=O) groups excluding carboxylic acids is 1. The maximum atomic E-state index is 12.0. The molecule has 4 rings (SSSR count). The maximum absolute atomic E-state index is 12.0. The molecule has 2 aliphatic rings. The number of amides is 1. The molecule has 1 aliphatic heterocycles. The largest absolute Gasteiger partial charge is 0.496 e. The molecule has 3 N–H and O–H groups in total. The molecule has 1 saturated heterocycles. The summed E-state index contributed by atoms with van der Waals surface area (Å²) >= 11 is 5.64. The number of hydrogen-bond donors (Lipinski definition) is 3. The number of quaternary nitrogens is 2. The summed E-state index contributed by atoms with van der Waals surface area (Å²) in [6, 6.07) is 8.31. The maximum Gasteiger partial charge on any atom is 0.275 e. The third-order valence-electron chi connectivity index (χ3n) is 5.78. The SMILES string of the molecule is COc1ccccc1-c1nn(C[NH+]2CC[NH+](CC(=O)NC3CC3)CC2)c(=S)n1C. The first kappa shape index (κ1) is 20.1. The molecule has 2 fully saturated rings. The fraction of sp³-hybridized carbons (Fsp3) is 0.550. The van der Waals surface area contributed by atoms with Crippen LogP contribution in [0.2, 0.25) is 0 Å². The van der Waals surface area contributed by atoms with Gasteiger partial charge in [-0.05, 0) is 37.2 Å². The molecule has 156 valence electrons. The Morgan fingerprint density at radius 1 is 1.24 bits per heavy atom. The standard InChI is InChI=1S/C20H28N6O2S/c1-23-19(16-5-3-4-6-17(16)28-2)22-26(20(23)29)14-25-11-9-24(10-12-25)13-18(27)21-15-7-8-15/h3-6,15H,7-14H2,1-2H3,(H,21,27)/p+2. The normalized spacial score (nSPS) is 21.7. The highest BCUT2D eigenvalue weighted by Gasteiger charge is 2.28. The van der Waals surface area contributed by atoms with E-state index in [2.05, 4.69) is 5.32 Å². The Labute approximate surface area is 176 Å². The van der Waals surface area contributed by atoms with Gasteiger partial charge in [0.2, 0.25) is 4.77 Å². The average molecular weight is 419 g/mol. The molecule has 2 aromatic rings. The highest BCUT2D eigenvalue weighted by atomic mass is 32.1. The lowest BCUT2D eigenvalue weighted by Gasteiger charge is -2.29. The van der Waals surface area contributed by atoms with Crippen molar-refractivity contribution in [3.05, 3.63) is 29.0 Å². The van der Waals surface area contributed by atoms with E-state index in [1.54, 1.807) is 7.11 Å². The summed E-state index contributed by atoms with van der Waals surface area (Å²) in [5, 5.41) is 7.88. The highest BCUT2D eigenvalue weighted by molar-refractivity contribution is 7.71. The van der Waals surface area contributed by atoms with Crippen molar-refractivity contribution in [2.45, 2.75) is 25.6 Å². The van der Waals surface area contributed by atoms with Gasteiger partial charge in [-0.1, -0.05) is 12.1 Å². The molecule has 0 spiro atoms. The van der Waals surface area contributed by atoms with E-state index in [1.807, 2.05) is 40.6 Å². The van der Waals surface area contributed by atoms with Gasteiger partial charge >= 0.3 is 0 Å². The molecule has 1 saturated carbocycles. The fourth-order valence-corrected chi connectivity index (χ4v) is 4.08. The zero-order chi connectivity index (χ0) is 20.4. The van der Waals surface area contributed by atoms with E-state index < -0.39 is 0 Å². The number of nitrogens with one attached hydrogen (secondary N) is 3. The van der Waals surface area contributed by atoms with Gasteiger partial charge in [-0.25, -0.2) is 0 Å². The predicted molar refractivity (Wildman–Crippen MR) is 111 cm³/mol. The Balaban J connectivity index is 1.38. The first-order valence-corrected chi connectivity index (χ1v) is 10.7. The molecule has 0 radical (unpaired) electrons. The van der Waals surface area contributed by atoms with Crippen LogP contribution in [0.4, 0.5) is 0 Å². The zero-order valence-corrected chi connectivity index (χ0v) is 17.9. The molecular formula is C20H30N6O2S+2. The highest BCUT2D eigenvalue weighted by Crippen LogP contribution is 2.27. The second-order valence-electron chi connectivity index (χ2n) is 8.04. The first-order chi connectivity index (χ1) is 14.0. The Kier molecular flexibility index (Phi) is 5.98. The zero-order valence-electron chi connectivity index (χ0n) is 17.1. The monoisotopic (exact) mass is 418 g/mol. The number of nitrogens with zero attached hydrogens (tertiary/aromatic N) is 3. The van der Waals surface area contributed by atoms with E-state index in [-0.39, 0.29) is 5.91 Å². The van der Waals surface area contributed by atoms with Crippen LogP contribution in [-0.2, 0) is 18.5 Å². The quantitative estimate of drug-likeness (QED) is 0.486. The lowest BCUT2D eigenvalue weighted by atomic mass is 10.2. The van der Waals surface area contributed by atoms with Gasteiger partial charge in [-0.2, -0.15) is 4.68 Å². The molecule has 0 atom stereocenters. The minimum atomic E-state index is 0.194. The lowest BCUT2D eigenvalue weighted by Crippen LogP contribution is -3.28. The second kappa shape index (κ2) is 8.64. The molecule has 9 heteroatoms. The fourth-order valence-electron chi connectivity index (χ4n) is 3.89. The molecule has 8 nitrogen and oxygen atoms in total. The Bertz CT molecular complexity index is 927. The smallest absolute Gasteiger partial charge is 0.275 e. The van der Waals surface area contributed by atoms with Gasteiger partial charge in [-0.3, -0.25) is 4.79 Å². The third-order valence-corrected chi connectivity index (χ3v) is 6.26. The van der Waals surface area contributed by atoms with Crippen LogP contribution in [0.1, 0.15) is 12.8 Å². The van der Waals surface area contributed by atoms with Gasteiger partial charge in [0.1, 0.15) is 31.9 Å². The summed E-state index contributed by atoms with van der Waals surface area (Å²) < 4.78 is 10.0. The summed E-state index contributed by atoms with van der Waals surface area (Å²) in [6.45, 7) is 5.33. The van der Waals surface area contributed by atoms with E-state index >= 15 is 0 Å². The van der Waals surface area contributed by atoms with Crippen LogP contribution in [0, 0.1) is 4.77 Å². The van der Waals surface area contributed by atoms with Gasteiger partial charge in [0, 0.05) is 13.1 Å². The van der Waals surface area contributed by atoms with Gasteiger partial charge in [0.25, 0.3) is 5.91 Å². The lowest BCUT2D eigenvalue weighted by molar-refractivity contribution is -1.02. The predicted octanol–water partition coefficient (Wildman–Crippen LogP) is -1.35. The van der Waals surface area contributed by atoms with Crippen molar-refractivity contribution in [3.8, 4) is 17.1 Å². The van der Waals surface area contributed by atoms with Crippen molar-refractivity contribution >= 4 is 18.1 Å². The number of para-hydroxylation sites is 1.